The molecule has 4 rings (SSSR count). The molecule has 1 aliphatic rings. The summed E-state index contributed by atoms with van der Waals surface area (Å²) < 4.78 is 11.3. The number of rotatable bonds is 19. The summed E-state index contributed by atoms with van der Waals surface area (Å²) in [6.45, 7) is 7.19. The fourth-order valence-corrected chi connectivity index (χ4v) is 6.14. The third kappa shape index (κ3) is 11.3. The summed E-state index contributed by atoms with van der Waals surface area (Å²) in [6, 6.07) is 24.8. The summed E-state index contributed by atoms with van der Waals surface area (Å²) >= 11 is 0. The first-order valence-electron chi connectivity index (χ1n) is 17.2. The first-order valence-corrected chi connectivity index (χ1v) is 17.2. The highest BCUT2D eigenvalue weighted by Gasteiger charge is 2.34. The Bertz CT molecular complexity index is 1580. The van der Waals surface area contributed by atoms with Gasteiger partial charge in [0, 0.05) is 13.0 Å². The molecule has 0 fully saturated rings. The number of nitrogens with one attached hydrogen (secondary N) is 1. The Morgan fingerprint density at radius 3 is 2.16 bits per heavy atom. The van der Waals surface area contributed by atoms with Gasteiger partial charge in [0.15, 0.2) is 6.04 Å². The van der Waals surface area contributed by atoms with Gasteiger partial charge in [0.2, 0.25) is 11.8 Å². The van der Waals surface area contributed by atoms with Gasteiger partial charge in [-0.1, -0.05) is 97.1 Å². The molecular formula is C41H48N2O7. The van der Waals surface area contributed by atoms with E-state index in [-0.39, 0.29) is 32.0 Å². The molecule has 9 heteroatoms. The standard InChI is InChI=1S/C41H48N2O7/c1-3-5-8-21-34(23-30-16-9-6-10-17-30)40(47)50-29-37(41(48)49-28-31-18-11-7-12-19-31)42-39(46)33(15-4-2)25-38(45)43-26-35-22-14-13-20-32(35)24-36(43)27-44/h3-4,6-7,9-14,16-20,22,33-34,36-37,44H,1-2,5,8,15,21,23-29H2,(H,42,46). The molecule has 3 aromatic rings. The van der Waals surface area contributed by atoms with Gasteiger partial charge in [0.25, 0.3) is 0 Å². The molecule has 0 radical (unpaired) electrons. The highest BCUT2D eigenvalue weighted by Crippen LogP contribution is 2.25. The van der Waals surface area contributed by atoms with Gasteiger partial charge < -0.3 is 24.8 Å². The van der Waals surface area contributed by atoms with E-state index in [1.54, 1.807) is 17.1 Å². The molecule has 0 spiro atoms. The first-order chi connectivity index (χ1) is 24.3. The van der Waals surface area contributed by atoms with Gasteiger partial charge in [-0.3, -0.25) is 14.4 Å². The number of hydrogen-bond donors (Lipinski definition) is 2. The van der Waals surface area contributed by atoms with Crippen LogP contribution in [0.15, 0.2) is 110 Å². The van der Waals surface area contributed by atoms with Gasteiger partial charge in [0.05, 0.1) is 24.5 Å². The second-order valence-corrected chi connectivity index (χ2v) is 12.6. The normalized spacial score (nSPS) is 15.5. The van der Waals surface area contributed by atoms with E-state index in [0.29, 0.717) is 25.8 Å². The van der Waals surface area contributed by atoms with Gasteiger partial charge in [-0.25, -0.2) is 4.79 Å². The number of benzene rings is 3. The first kappa shape index (κ1) is 37.8. The van der Waals surface area contributed by atoms with Crippen molar-refractivity contribution >= 4 is 23.8 Å². The molecule has 0 saturated heterocycles. The molecule has 4 unspecified atom stereocenters. The lowest BCUT2D eigenvalue weighted by Crippen LogP contribution is -2.50. The summed E-state index contributed by atoms with van der Waals surface area (Å²) in [5.41, 5.74) is 3.81. The van der Waals surface area contributed by atoms with E-state index in [0.717, 1.165) is 35.1 Å². The molecule has 2 N–H and O–H groups in total. The van der Waals surface area contributed by atoms with Crippen LogP contribution >= 0.6 is 0 Å². The Kier molecular flexibility index (Phi) is 15.0. The molecule has 2 amide bonds. The van der Waals surface area contributed by atoms with Gasteiger partial charge in [-0.2, -0.15) is 0 Å². The molecule has 0 aliphatic carbocycles. The number of nitrogens with zero attached hydrogens (tertiary/aromatic N) is 1. The predicted octanol–water partition coefficient (Wildman–Crippen LogP) is 5.50. The second kappa shape index (κ2) is 19.8. The monoisotopic (exact) mass is 680 g/mol. The Hall–Kier alpha value is -5.02. The number of fused-ring (bicyclic) bond motifs is 1. The lowest BCUT2D eigenvalue weighted by Gasteiger charge is -2.36. The summed E-state index contributed by atoms with van der Waals surface area (Å²) in [6.07, 6.45) is 6.38. The molecule has 4 atom stereocenters. The smallest absolute Gasteiger partial charge is 0.332 e. The van der Waals surface area contributed by atoms with Crippen molar-refractivity contribution in [1.29, 1.82) is 0 Å². The van der Waals surface area contributed by atoms with Gasteiger partial charge in [-0.15, -0.1) is 13.2 Å². The number of aliphatic hydroxyl groups excluding tert-OH is 1. The predicted molar refractivity (Wildman–Crippen MR) is 191 cm³/mol. The molecule has 0 aromatic heterocycles. The van der Waals surface area contributed by atoms with Crippen LogP contribution in [0.1, 0.15) is 54.4 Å². The summed E-state index contributed by atoms with van der Waals surface area (Å²) in [4.78, 5) is 55.8. The maximum absolute atomic E-state index is 13.7. The second-order valence-electron chi connectivity index (χ2n) is 12.6. The van der Waals surface area contributed by atoms with E-state index >= 15 is 0 Å². The zero-order valence-corrected chi connectivity index (χ0v) is 28.6. The van der Waals surface area contributed by atoms with Crippen LogP contribution in [-0.4, -0.2) is 59.1 Å². The van der Waals surface area contributed by atoms with Crippen molar-refractivity contribution in [3.63, 3.8) is 0 Å². The number of carbonyl (C=O) groups is 4. The minimum absolute atomic E-state index is 0.0360. The fourth-order valence-electron chi connectivity index (χ4n) is 6.14. The summed E-state index contributed by atoms with van der Waals surface area (Å²) in [5.74, 6) is -3.43. The minimum atomic E-state index is -1.31. The van der Waals surface area contributed by atoms with Crippen LogP contribution in [0.25, 0.3) is 0 Å². The van der Waals surface area contributed by atoms with Crippen LogP contribution in [0.4, 0.5) is 0 Å². The van der Waals surface area contributed by atoms with Gasteiger partial charge >= 0.3 is 11.9 Å². The van der Waals surface area contributed by atoms with E-state index in [1.807, 2.05) is 84.9 Å². The van der Waals surface area contributed by atoms with Gasteiger partial charge in [-0.05, 0) is 60.8 Å². The highest BCUT2D eigenvalue weighted by atomic mass is 16.6. The molecule has 0 bridgehead atoms. The molecule has 3 aromatic carbocycles. The molecule has 50 heavy (non-hydrogen) atoms. The Balaban J connectivity index is 1.47. The van der Waals surface area contributed by atoms with E-state index in [4.69, 9.17) is 9.47 Å². The van der Waals surface area contributed by atoms with Crippen LogP contribution in [-0.2, 0) is 54.6 Å². The molecule has 9 nitrogen and oxygen atoms in total. The number of carbonyl (C=O) groups excluding carboxylic acids is 4. The Morgan fingerprint density at radius 1 is 0.840 bits per heavy atom. The van der Waals surface area contributed by atoms with E-state index < -0.39 is 48.4 Å². The van der Waals surface area contributed by atoms with Crippen molar-refractivity contribution in [2.45, 2.75) is 70.2 Å². The summed E-state index contributed by atoms with van der Waals surface area (Å²) in [5, 5.41) is 12.8. The number of ether oxygens (including phenoxy) is 2. The molecular weight excluding hydrogens is 632 g/mol. The van der Waals surface area contributed by atoms with Crippen molar-refractivity contribution in [3.8, 4) is 0 Å². The number of aliphatic hydroxyl groups is 1. The highest BCUT2D eigenvalue weighted by molar-refractivity contribution is 5.89. The quantitative estimate of drug-likeness (QED) is 0.0974. The largest absolute Gasteiger partial charge is 0.463 e. The average Bonchev–Trinajstić information content (AvgIpc) is 3.14. The van der Waals surface area contributed by atoms with Crippen LogP contribution in [0.2, 0.25) is 0 Å². The van der Waals surface area contributed by atoms with E-state index in [2.05, 4.69) is 18.5 Å². The molecule has 1 aliphatic heterocycles. The lowest BCUT2D eigenvalue weighted by molar-refractivity contribution is -0.157. The number of hydrogen-bond acceptors (Lipinski definition) is 7. The van der Waals surface area contributed by atoms with Crippen LogP contribution in [0.5, 0.6) is 0 Å². The third-order valence-corrected chi connectivity index (χ3v) is 8.97. The van der Waals surface area contributed by atoms with Crippen molar-refractivity contribution in [3.05, 3.63) is 132 Å². The third-order valence-electron chi connectivity index (χ3n) is 8.97. The zero-order valence-electron chi connectivity index (χ0n) is 28.6. The molecule has 0 saturated carbocycles. The number of esters is 2. The van der Waals surface area contributed by atoms with Crippen molar-refractivity contribution < 1.29 is 33.8 Å². The summed E-state index contributed by atoms with van der Waals surface area (Å²) in [7, 11) is 0. The fraction of sp³-hybridized carbons (Fsp3) is 0.366. The maximum atomic E-state index is 13.7. The van der Waals surface area contributed by atoms with Gasteiger partial charge in [0.1, 0.15) is 13.2 Å². The van der Waals surface area contributed by atoms with Crippen molar-refractivity contribution in [2.75, 3.05) is 13.2 Å². The maximum Gasteiger partial charge on any atom is 0.332 e. The number of amides is 2. The Morgan fingerprint density at radius 2 is 1.50 bits per heavy atom. The SMILES string of the molecule is C=CCCCC(Cc1ccccc1)C(=O)OCC(NC(=O)C(CC=C)CC(=O)N1Cc2ccccc2CC1CO)C(=O)OCc1ccccc1. The lowest BCUT2D eigenvalue weighted by atomic mass is 9.92. The average molecular weight is 681 g/mol. The number of unbranched alkanes of at least 4 members (excludes halogenated alkanes) is 1. The Labute approximate surface area is 295 Å². The number of allylic oxidation sites excluding steroid dienone is 2. The van der Waals surface area contributed by atoms with Crippen molar-refractivity contribution in [1.82, 2.24) is 10.2 Å². The van der Waals surface area contributed by atoms with E-state index in [1.165, 1.54) is 0 Å². The van der Waals surface area contributed by atoms with Crippen molar-refractivity contribution in [2.24, 2.45) is 11.8 Å². The minimum Gasteiger partial charge on any atom is -0.463 e. The molecule has 264 valence electrons. The molecule has 1 heterocycles. The van der Waals surface area contributed by atoms with Crippen LogP contribution in [0.3, 0.4) is 0 Å². The van der Waals surface area contributed by atoms with Crippen LogP contribution in [0, 0.1) is 11.8 Å². The van der Waals surface area contributed by atoms with Crippen LogP contribution < -0.4 is 5.32 Å². The zero-order chi connectivity index (χ0) is 35.7. The van der Waals surface area contributed by atoms with E-state index in [9.17, 15) is 24.3 Å². The topological polar surface area (TPSA) is 122 Å².